The van der Waals surface area contributed by atoms with Gasteiger partial charge in [0.2, 0.25) is 0 Å². The number of carbonyl (C=O) groups excluding carboxylic acids is 1. The molecule has 56 heavy (non-hydrogen) atoms. The van der Waals surface area contributed by atoms with E-state index in [0.29, 0.717) is 12.2 Å². The van der Waals surface area contributed by atoms with Gasteiger partial charge < -0.3 is 14.4 Å². The molecular formula is C50H69ClN2O3. The number of likely N-dealkylation sites (tertiary alicyclic amines) is 1. The predicted molar refractivity (Wildman–Crippen MR) is 237 cm³/mol. The van der Waals surface area contributed by atoms with Crippen LogP contribution in [0.1, 0.15) is 137 Å². The van der Waals surface area contributed by atoms with Crippen molar-refractivity contribution in [3.63, 3.8) is 0 Å². The average Bonchev–Trinajstić information content (AvgIpc) is 3.70. The largest absolute Gasteiger partial charge is 0.482 e. The van der Waals surface area contributed by atoms with Crippen LogP contribution in [0, 0.1) is 13.8 Å². The van der Waals surface area contributed by atoms with Gasteiger partial charge in [0.1, 0.15) is 17.1 Å². The molecule has 5 nitrogen and oxygen atoms in total. The Morgan fingerprint density at radius 3 is 2.32 bits per heavy atom. The summed E-state index contributed by atoms with van der Waals surface area (Å²) in [5.74, 6) is 1.51. The van der Waals surface area contributed by atoms with Gasteiger partial charge in [0, 0.05) is 26.1 Å². The molecule has 3 aromatic carbocycles. The van der Waals surface area contributed by atoms with Gasteiger partial charge in [-0.05, 0) is 149 Å². The fourth-order valence-corrected chi connectivity index (χ4v) is 9.35. The molecule has 3 heterocycles. The fourth-order valence-electron chi connectivity index (χ4n) is 9.35. The van der Waals surface area contributed by atoms with E-state index < -0.39 is 0 Å². The van der Waals surface area contributed by atoms with Crippen molar-refractivity contribution >= 4 is 30.0 Å². The van der Waals surface area contributed by atoms with E-state index in [-0.39, 0.29) is 24.0 Å². The maximum atomic E-state index is 13.6. The van der Waals surface area contributed by atoms with E-state index in [2.05, 4.69) is 110 Å². The molecule has 0 spiro atoms. The summed E-state index contributed by atoms with van der Waals surface area (Å²) in [5.41, 5.74) is 10.3. The van der Waals surface area contributed by atoms with Crippen molar-refractivity contribution in [1.29, 1.82) is 0 Å². The summed E-state index contributed by atoms with van der Waals surface area (Å²) in [6.45, 7) is 15.0. The van der Waals surface area contributed by atoms with Gasteiger partial charge in [-0.2, -0.15) is 0 Å². The van der Waals surface area contributed by atoms with Crippen LogP contribution >= 0.6 is 12.4 Å². The van der Waals surface area contributed by atoms with Crippen LogP contribution in [0.15, 0.2) is 72.3 Å². The standard InChI is InChI=1S/C50H68N2O3.ClH/c1-5-29-50(30-6-2)45-28-35-52(34-18-24-41-21-12-10-13-22-41)38-44(45)49-46(54-48(53)27-19-33-51-31-15-16-32-51)36-42(37-47(49)55-50)23-11-8-7-9-14-25-43-26-17-20-39(3)40(43)4;/h10,12-13,17-18,20-22,24,26,36-37H,5-9,11,14-16,19,23,25,27-35,38H2,1-4H3;1H. The molecule has 3 aromatic rings. The van der Waals surface area contributed by atoms with Crippen LogP contribution in [0.4, 0.5) is 0 Å². The normalized spacial score (nSPS) is 16.7. The van der Waals surface area contributed by atoms with Crippen molar-refractivity contribution in [3.8, 4) is 11.5 Å². The minimum atomic E-state index is -0.303. The number of aryl methyl sites for hydroxylation is 3. The van der Waals surface area contributed by atoms with E-state index in [0.717, 1.165) is 108 Å². The average molecular weight is 782 g/mol. The van der Waals surface area contributed by atoms with Gasteiger partial charge in [-0.25, -0.2) is 0 Å². The summed E-state index contributed by atoms with van der Waals surface area (Å²) in [6.07, 6.45) is 21.6. The first kappa shape index (κ1) is 43.7. The quantitative estimate of drug-likeness (QED) is 0.0649. The minimum Gasteiger partial charge on any atom is -0.482 e. The van der Waals surface area contributed by atoms with E-state index in [9.17, 15) is 4.79 Å². The Balaban J connectivity index is 0.00000600. The van der Waals surface area contributed by atoms with Crippen molar-refractivity contribution in [2.45, 2.75) is 136 Å². The number of unbranched alkanes of at least 4 members (excludes halogenated alkanes) is 4. The molecule has 1 fully saturated rings. The second kappa shape index (κ2) is 22.0. The summed E-state index contributed by atoms with van der Waals surface area (Å²) in [7, 11) is 0. The van der Waals surface area contributed by atoms with Crippen LogP contribution in [0.2, 0.25) is 0 Å². The molecule has 0 N–H and O–H groups in total. The lowest BCUT2D eigenvalue weighted by Gasteiger charge is -2.46. The second-order valence-corrected chi connectivity index (χ2v) is 16.6. The van der Waals surface area contributed by atoms with Gasteiger partial charge in [-0.15, -0.1) is 12.4 Å². The Kier molecular flexibility index (Phi) is 17.1. The summed E-state index contributed by atoms with van der Waals surface area (Å²) >= 11 is 0. The van der Waals surface area contributed by atoms with E-state index in [1.807, 2.05) is 0 Å². The zero-order chi connectivity index (χ0) is 38.5. The zero-order valence-electron chi connectivity index (χ0n) is 35.0. The van der Waals surface area contributed by atoms with Crippen LogP contribution in [0.25, 0.3) is 11.6 Å². The van der Waals surface area contributed by atoms with Crippen molar-refractivity contribution in [3.05, 3.63) is 106 Å². The number of halogens is 1. The molecule has 0 saturated carbocycles. The molecule has 0 atom stereocenters. The third-order valence-electron chi connectivity index (χ3n) is 12.4. The molecule has 0 radical (unpaired) electrons. The Bertz CT molecular complexity index is 1750. The molecule has 6 heteroatoms. The number of nitrogens with zero attached hydrogens (tertiary/aromatic N) is 2. The molecule has 0 unspecified atom stereocenters. The highest BCUT2D eigenvalue weighted by molar-refractivity contribution is 5.86. The van der Waals surface area contributed by atoms with E-state index in [4.69, 9.17) is 9.47 Å². The smallest absolute Gasteiger partial charge is 0.311 e. The first-order valence-corrected chi connectivity index (χ1v) is 21.9. The molecule has 0 bridgehead atoms. The molecule has 304 valence electrons. The summed E-state index contributed by atoms with van der Waals surface area (Å²) in [5, 5.41) is 0. The zero-order valence-corrected chi connectivity index (χ0v) is 35.8. The Morgan fingerprint density at radius 2 is 1.57 bits per heavy atom. The maximum absolute atomic E-state index is 13.6. The number of benzene rings is 3. The SMILES string of the molecule is CCCC1(CCC)Oc2cc(CCCCCCCc3cccc(C)c3C)cc(OC(=O)CCCN3CCCC3)c2C2=C1CCN(CC=Cc1ccccc1)C2.Cl. The Labute approximate surface area is 345 Å². The van der Waals surface area contributed by atoms with Crippen molar-refractivity contribution in [2.75, 3.05) is 39.3 Å². The first-order valence-electron chi connectivity index (χ1n) is 21.9. The number of fused-ring (bicyclic) bond motifs is 2. The van der Waals surface area contributed by atoms with Crippen LogP contribution < -0.4 is 9.47 Å². The number of esters is 1. The highest BCUT2D eigenvalue weighted by Crippen LogP contribution is 2.51. The highest BCUT2D eigenvalue weighted by atomic mass is 35.5. The molecule has 0 amide bonds. The molecule has 1 saturated heterocycles. The van der Waals surface area contributed by atoms with Gasteiger partial charge in [-0.3, -0.25) is 9.69 Å². The lowest BCUT2D eigenvalue weighted by atomic mass is 9.75. The summed E-state index contributed by atoms with van der Waals surface area (Å²) in [4.78, 5) is 18.6. The molecule has 6 rings (SSSR count). The first-order chi connectivity index (χ1) is 26.9. The molecular weight excluding hydrogens is 712 g/mol. The monoisotopic (exact) mass is 780 g/mol. The molecule has 0 aliphatic carbocycles. The Hall–Kier alpha value is -3.38. The van der Waals surface area contributed by atoms with Gasteiger partial charge in [-0.1, -0.05) is 107 Å². The minimum absolute atomic E-state index is 0. The van der Waals surface area contributed by atoms with Crippen LogP contribution in [-0.4, -0.2) is 60.6 Å². The highest BCUT2D eigenvalue weighted by Gasteiger charge is 2.44. The van der Waals surface area contributed by atoms with Crippen LogP contribution in [-0.2, 0) is 17.6 Å². The molecule has 0 aromatic heterocycles. The topological polar surface area (TPSA) is 42.0 Å². The third kappa shape index (κ3) is 11.6. The van der Waals surface area contributed by atoms with E-state index >= 15 is 0 Å². The molecule has 3 aliphatic heterocycles. The number of carbonyl (C=O) groups is 1. The van der Waals surface area contributed by atoms with Crippen LogP contribution in [0.5, 0.6) is 11.5 Å². The van der Waals surface area contributed by atoms with Gasteiger partial charge in [0.05, 0.1) is 5.56 Å². The van der Waals surface area contributed by atoms with Crippen LogP contribution in [0.3, 0.4) is 0 Å². The number of hydrogen-bond acceptors (Lipinski definition) is 5. The van der Waals surface area contributed by atoms with Crippen molar-refractivity contribution in [2.24, 2.45) is 0 Å². The predicted octanol–water partition coefficient (Wildman–Crippen LogP) is 12.1. The van der Waals surface area contributed by atoms with E-state index in [1.165, 1.54) is 77.5 Å². The molecule has 3 aliphatic rings. The van der Waals surface area contributed by atoms with E-state index in [1.54, 1.807) is 0 Å². The number of hydrogen-bond donors (Lipinski definition) is 0. The van der Waals surface area contributed by atoms with Gasteiger partial charge >= 0.3 is 5.97 Å². The second-order valence-electron chi connectivity index (χ2n) is 16.6. The lowest BCUT2D eigenvalue weighted by Crippen LogP contribution is -2.46. The third-order valence-corrected chi connectivity index (χ3v) is 12.4. The summed E-state index contributed by atoms with van der Waals surface area (Å²) < 4.78 is 13.7. The number of rotatable bonds is 20. The maximum Gasteiger partial charge on any atom is 0.311 e. The lowest BCUT2D eigenvalue weighted by molar-refractivity contribution is -0.134. The van der Waals surface area contributed by atoms with Gasteiger partial charge in [0.15, 0.2) is 0 Å². The fraction of sp³-hybridized carbons (Fsp3) is 0.540. The van der Waals surface area contributed by atoms with Gasteiger partial charge in [0.25, 0.3) is 0 Å². The summed E-state index contributed by atoms with van der Waals surface area (Å²) in [6, 6.07) is 21.8. The van der Waals surface area contributed by atoms with Crippen molar-refractivity contribution in [1.82, 2.24) is 9.80 Å². The number of ether oxygens (including phenoxy) is 2. The Morgan fingerprint density at radius 1 is 0.839 bits per heavy atom. The van der Waals surface area contributed by atoms with Crippen molar-refractivity contribution < 1.29 is 14.3 Å².